The molecule has 0 radical (unpaired) electrons. The number of para-hydroxylation sites is 2. The Morgan fingerprint density at radius 3 is 2.75 bits per heavy atom. The maximum absolute atomic E-state index is 11.9. The van der Waals surface area contributed by atoms with E-state index in [1.165, 1.54) is 0 Å². The monoisotopic (exact) mass is 382 g/mol. The summed E-state index contributed by atoms with van der Waals surface area (Å²) in [5.41, 5.74) is 1.59. The summed E-state index contributed by atoms with van der Waals surface area (Å²) in [6.45, 7) is 0.206. The van der Waals surface area contributed by atoms with Crippen molar-refractivity contribution in [3.8, 4) is 5.75 Å². The van der Waals surface area contributed by atoms with E-state index in [2.05, 4.69) is 33.2 Å². The maximum atomic E-state index is 11.9. The fraction of sp³-hybridized carbons (Fsp3) is 0.133. The SMILES string of the molecule is COc1ccccc1NC(=O)CNc1cccc(I)c1. The van der Waals surface area contributed by atoms with Crippen LogP contribution in [0.5, 0.6) is 5.75 Å². The predicted molar refractivity (Wildman–Crippen MR) is 89.3 cm³/mol. The van der Waals surface area contributed by atoms with Gasteiger partial charge < -0.3 is 15.4 Å². The molecule has 0 aliphatic rings. The molecule has 0 unspecified atom stereocenters. The molecule has 2 aromatic carbocycles. The highest BCUT2D eigenvalue weighted by atomic mass is 127. The van der Waals surface area contributed by atoms with Gasteiger partial charge in [0.2, 0.25) is 5.91 Å². The van der Waals surface area contributed by atoms with Crippen LogP contribution in [0.2, 0.25) is 0 Å². The van der Waals surface area contributed by atoms with E-state index in [0.29, 0.717) is 11.4 Å². The lowest BCUT2D eigenvalue weighted by Crippen LogP contribution is -2.22. The number of ether oxygens (including phenoxy) is 1. The highest BCUT2D eigenvalue weighted by molar-refractivity contribution is 14.1. The van der Waals surface area contributed by atoms with Gasteiger partial charge in [-0.1, -0.05) is 18.2 Å². The largest absolute Gasteiger partial charge is 0.495 e. The Morgan fingerprint density at radius 1 is 1.20 bits per heavy atom. The molecule has 0 fully saturated rings. The van der Waals surface area contributed by atoms with Crippen LogP contribution in [-0.4, -0.2) is 19.6 Å². The molecule has 0 bridgehead atoms. The Morgan fingerprint density at radius 2 is 2.00 bits per heavy atom. The fourth-order valence-electron chi connectivity index (χ4n) is 1.72. The van der Waals surface area contributed by atoms with Gasteiger partial charge in [-0.2, -0.15) is 0 Å². The third-order valence-electron chi connectivity index (χ3n) is 2.66. The van der Waals surface area contributed by atoms with Crippen molar-refractivity contribution in [1.29, 1.82) is 0 Å². The van der Waals surface area contributed by atoms with Crippen molar-refractivity contribution in [2.75, 3.05) is 24.3 Å². The summed E-state index contributed by atoms with van der Waals surface area (Å²) in [7, 11) is 1.58. The highest BCUT2D eigenvalue weighted by Gasteiger charge is 2.06. The first kappa shape index (κ1) is 14.6. The molecule has 0 heterocycles. The quantitative estimate of drug-likeness (QED) is 0.780. The van der Waals surface area contributed by atoms with Crippen LogP contribution in [0.4, 0.5) is 11.4 Å². The minimum Gasteiger partial charge on any atom is -0.495 e. The van der Waals surface area contributed by atoms with E-state index in [0.717, 1.165) is 9.26 Å². The van der Waals surface area contributed by atoms with Crippen LogP contribution in [-0.2, 0) is 4.79 Å². The number of benzene rings is 2. The molecule has 2 aromatic rings. The summed E-state index contributed by atoms with van der Waals surface area (Å²) in [6, 6.07) is 15.2. The summed E-state index contributed by atoms with van der Waals surface area (Å²) in [6.07, 6.45) is 0. The first-order valence-corrected chi connectivity index (χ1v) is 7.19. The third kappa shape index (κ3) is 4.12. The van der Waals surface area contributed by atoms with E-state index in [1.54, 1.807) is 7.11 Å². The van der Waals surface area contributed by atoms with Gasteiger partial charge in [0.25, 0.3) is 0 Å². The zero-order chi connectivity index (χ0) is 14.4. The number of carbonyl (C=O) groups excluding carboxylic acids is 1. The molecule has 0 aliphatic heterocycles. The number of hydrogen-bond acceptors (Lipinski definition) is 3. The Hall–Kier alpha value is -1.76. The topological polar surface area (TPSA) is 50.4 Å². The number of rotatable bonds is 5. The van der Waals surface area contributed by atoms with Gasteiger partial charge in [-0.15, -0.1) is 0 Å². The molecule has 1 amide bonds. The number of amides is 1. The summed E-state index contributed by atoms with van der Waals surface area (Å²) in [4.78, 5) is 11.9. The number of carbonyl (C=O) groups is 1. The van der Waals surface area contributed by atoms with Gasteiger partial charge in [0.05, 0.1) is 19.3 Å². The molecule has 2 rings (SSSR count). The normalized spacial score (nSPS) is 9.90. The fourth-order valence-corrected chi connectivity index (χ4v) is 2.27. The van der Waals surface area contributed by atoms with E-state index in [4.69, 9.17) is 4.74 Å². The van der Waals surface area contributed by atoms with Gasteiger partial charge >= 0.3 is 0 Å². The third-order valence-corrected chi connectivity index (χ3v) is 3.33. The smallest absolute Gasteiger partial charge is 0.243 e. The molecule has 0 spiro atoms. The lowest BCUT2D eigenvalue weighted by molar-refractivity contribution is -0.114. The van der Waals surface area contributed by atoms with Crippen LogP contribution < -0.4 is 15.4 Å². The van der Waals surface area contributed by atoms with Gasteiger partial charge in [0, 0.05) is 9.26 Å². The lowest BCUT2D eigenvalue weighted by Gasteiger charge is -2.11. The van der Waals surface area contributed by atoms with Crippen molar-refractivity contribution in [3.05, 3.63) is 52.1 Å². The summed E-state index contributed by atoms with van der Waals surface area (Å²) in [5.74, 6) is 0.531. The first-order chi connectivity index (χ1) is 9.69. The van der Waals surface area contributed by atoms with Crippen molar-refractivity contribution in [2.45, 2.75) is 0 Å². The molecular formula is C15H15IN2O2. The highest BCUT2D eigenvalue weighted by Crippen LogP contribution is 2.22. The molecule has 0 atom stereocenters. The molecule has 5 heteroatoms. The van der Waals surface area contributed by atoms with Crippen molar-refractivity contribution >= 4 is 39.9 Å². The second-order valence-corrected chi connectivity index (χ2v) is 5.36. The Balaban J connectivity index is 1.93. The predicted octanol–water partition coefficient (Wildman–Crippen LogP) is 3.35. The van der Waals surface area contributed by atoms with E-state index >= 15 is 0 Å². The molecule has 20 heavy (non-hydrogen) atoms. The summed E-state index contributed by atoms with van der Waals surface area (Å²) < 4.78 is 6.31. The molecular weight excluding hydrogens is 367 g/mol. The Kier molecular flexibility index (Phi) is 5.23. The van der Waals surface area contributed by atoms with Gasteiger partial charge in [-0.3, -0.25) is 4.79 Å². The van der Waals surface area contributed by atoms with Crippen LogP contribution in [0.1, 0.15) is 0 Å². The van der Waals surface area contributed by atoms with Gasteiger partial charge in [-0.05, 0) is 52.9 Å². The zero-order valence-corrected chi connectivity index (χ0v) is 13.2. The molecule has 0 saturated carbocycles. The molecule has 0 saturated heterocycles. The van der Waals surface area contributed by atoms with Crippen LogP contribution >= 0.6 is 22.6 Å². The van der Waals surface area contributed by atoms with Crippen molar-refractivity contribution in [3.63, 3.8) is 0 Å². The molecule has 2 N–H and O–H groups in total. The number of nitrogens with one attached hydrogen (secondary N) is 2. The molecule has 104 valence electrons. The van der Waals surface area contributed by atoms with E-state index in [1.807, 2.05) is 48.5 Å². The van der Waals surface area contributed by atoms with Gasteiger partial charge in [0.15, 0.2) is 0 Å². The van der Waals surface area contributed by atoms with Crippen LogP contribution in [0.25, 0.3) is 0 Å². The van der Waals surface area contributed by atoms with Crippen LogP contribution in [0.15, 0.2) is 48.5 Å². The standard InChI is InChI=1S/C15H15IN2O2/c1-20-14-8-3-2-7-13(14)18-15(19)10-17-12-6-4-5-11(16)9-12/h2-9,17H,10H2,1H3,(H,18,19). The second-order valence-electron chi connectivity index (χ2n) is 4.11. The minimum absolute atomic E-state index is 0.117. The second kappa shape index (κ2) is 7.14. The van der Waals surface area contributed by atoms with Gasteiger partial charge in [0.1, 0.15) is 5.75 Å². The maximum Gasteiger partial charge on any atom is 0.243 e. The zero-order valence-electron chi connectivity index (χ0n) is 11.0. The van der Waals surface area contributed by atoms with E-state index in [9.17, 15) is 4.79 Å². The van der Waals surface area contributed by atoms with E-state index < -0.39 is 0 Å². The molecule has 0 aromatic heterocycles. The Labute approximate surface area is 131 Å². The average Bonchev–Trinajstić information content (AvgIpc) is 2.46. The van der Waals surface area contributed by atoms with Crippen molar-refractivity contribution in [2.24, 2.45) is 0 Å². The van der Waals surface area contributed by atoms with Crippen molar-refractivity contribution in [1.82, 2.24) is 0 Å². The summed E-state index contributed by atoms with van der Waals surface area (Å²) in [5, 5.41) is 5.90. The number of methoxy groups -OCH3 is 1. The first-order valence-electron chi connectivity index (χ1n) is 6.11. The van der Waals surface area contributed by atoms with Gasteiger partial charge in [-0.25, -0.2) is 0 Å². The number of anilines is 2. The van der Waals surface area contributed by atoms with Crippen LogP contribution in [0.3, 0.4) is 0 Å². The molecule has 4 nitrogen and oxygen atoms in total. The molecule has 0 aliphatic carbocycles. The lowest BCUT2D eigenvalue weighted by atomic mass is 10.3. The minimum atomic E-state index is -0.117. The van der Waals surface area contributed by atoms with Crippen molar-refractivity contribution < 1.29 is 9.53 Å². The van der Waals surface area contributed by atoms with Crippen LogP contribution in [0, 0.1) is 3.57 Å². The summed E-state index contributed by atoms with van der Waals surface area (Å²) >= 11 is 2.23. The van der Waals surface area contributed by atoms with E-state index in [-0.39, 0.29) is 12.5 Å². The Bertz CT molecular complexity index is 602. The number of halogens is 1. The number of hydrogen-bond donors (Lipinski definition) is 2. The average molecular weight is 382 g/mol.